The third-order valence-electron chi connectivity index (χ3n) is 5.02. The molecule has 2 saturated carbocycles. The molecular weight excluding hydrogens is 234 g/mol. The van der Waals surface area contributed by atoms with Gasteiger partial charge in [-0.05, 0) is 74.2 Å². The van der Waals surface area contributed by atoms with Crippen molar-refractivity contribution in [3.05, 3.63) is 29.8 Å². The second kappa shape index (κ2) is 5.96. The zero-order chi connectivity index (χ0) is 13.1. The van der Waals surface area contributed by atoms with Gasteiger partial charge in [-0.15, -0.1) is 0 Å². The summed E-state index contributed by atoms with van der Waals surface area (Å²) in [5.41, 5.74) is 1.36. The maximum Gasteiger partial charge on any atom is 0.119 e. The number of methoxy groups -OCH3 is 1. The number of fused-ring (bicyclic) bond motifs is 2. The van der Waals surface area contributed by atoms with Gasteiger partial charge in [-0.2, -0.15) is 0 Å². The van der Waals surface area contributed by atoms with Crippen molar-refractivity contribution in [3.63, 3.8) is 0 Å². The van der Waals surface area contributed by atoms with Crippen LogP contribution in [0.25, 0.3) is 0 Å². The molecule has 1 aromatic rings. The predicted octanol–water partition coefficient (Wildman–Crippen LogP) is 3.26. The highest BCUT2D eigenvalue weighted by molar-refractivity contribution is 5.28. The van der Waals surface area contributed by atoms with E-state index < -0.39 is 0 Å². The van der Waals surface area contributed by atoms with Gasteiger partial charge in [-0.3, -0.25) is 0 Å². The molecular formula is C17H25NO. The average Bonchev–Trinajstić information content (AvgIpc) is 3.06. The first kappa shape index (κ1) is 13.0. The van der Waals surface area contributed by atoms with Crippen LogP contribution < -0.4 is 10.1 Å². The minimum absolute atomic E-state index is 0.962. The third-order valence-corrected chi connectivity index (χ3v) is 5.02. The highest BCUT2D eigenvalue weighted by atomic mass is 16.5. The number of rotatable bonds is 6. The van der Waals surface area contributed by atoms with E-state index in [1.807, 2.05) is 6.07 Å². The van der Waals surface area contributed by atoms with E-state index in [9.17, 15) is 0 Å². The van der Waals surface area contributed by atoms with Crippen LogP contribution in [0.1, 0.15) is 31.2 Å². The lowest BCUT2D eigenvalue weighted by Crippen LogP contribution is -2.28. The van der Waals surface area contributed by atoms with Crippen molar-refractivity contribution >= 4 is 0 Å². The molecule has 104 valence electrons. The molecule has 2 aliphatic carbocycles. The van der Waals surface area contributed by atoms with Crippen molar-refractivity contribution in [2.24, 2.45) is 17.8 Å². The van der Waals surface area contributed by atoms with Crippen LogP contribution >= 0.6 is 0 Å². The summed E-state index contributed by atoms with van der Waals surface area (Å²) >= 11 is 0. The van der Waals surface area contributed by atoms with Crippen LogP contribution in [0.3, 0.4) is 0 Å². The average molecular weight is 259 g/mol. The molecule has 3 unspecified atom stereocenters. The van der Waals surface area contributed by atoms with Crippen molar-refractivity contribution in [1.82, 2.24) is 5.32 Å². The van der Waals surface area contributed by atoms with Crippen molar-refractivity contribution in [1.29, 1.82) is 0 Å². The van der Waals surface area contributed by atoms with Gasteiger partial charge in [-0.25, -0.2) is 0 Å². The molecule has 2 aliphatic rings. The lowest BCUT2D eigenvalue weighted by molar-refractivity contribution is 0.320. The van der Waals surface area contributed by atoms with Gasteiger partial charge in [0, 0.05) is 0 Å². The van der Waals surface area contributed by atoms with Crippen LogP contribution in [-0.4, -0.2) is 20.2 Å². The van der Waals surface area contributed by atoms with E-state index in [4.69, 9.17) is 4.74 Å². The zero-order valence-electron chi connectivity index (χ0n) is 11.9. The number of hydrogen-bond acceptors (Lipinski definition) is 2. The maximum atomic E-state index is 5.26. The molecule has 3 rings (SSSR count). The molecule has 0 radical (unpaired) electrons. The van der Waals surface area contributed by atoms with Gasteiger partial charge < -0.3 is 10.1 Å². The molecule has 19 heavy (non-hydrogen) atoms. The number of nitrogens with one attached hydrogen (secondary N) is 1. The van der Waals surface area contributed by atoms with E-state index in [1.54, 1.807) is 7.11 Å². The summed E-state index contributed by atoms with van der Waals surface area (Å²) in [6, 6.07) is 8.40. The van der Waals surface area contributed by atoms with Gasteiger partial charge in [0.1, 0.15) is 5.75 Å². The van der Waals surface area contributed by atoms with Crippen LogP contribution in [0.15, 0.2) is 24.3 Å². The Labute approximate surface area is 116 Å². The van der Waals surface area contributed by atoms with Crippen molar-refractivity contribution < 1.29 is 4.74 Å². The van der Waals surface area contributed by atoms with Gasteiger partial charge in [-0.1, -0.05) is 18.6 Å². The van der Waals surface area contributed by atoms with E-state index in [-0.39, 0.29) is 0 Å². The number of benzene rings is 1. The fraction of sp³-hybridized carbons (Fsp3) is 0.647. The summed E-state index contributed by atoms with van der Waals surface area (Å²) in [5.74, 6) is 4.03. The molecule has 1 N–H and O–H groups in total. The topological polar surface area (TPSA) is 21.3 Å². The summed E-state index contributed by atoms with van der Waals surface area (Å²) in [4.78, 5) is 0. The lowest BCUT2D eigenvalue weighted by Gasteiger charge is -2.21. The molecule has 0 saturated heterocycles. The first-order valence-electron chi connectivity index (χ1n) is 7.69. The highest BCUT2D eigenvalue weighted by Crippen LogP contribution is 2.47. The third kappa shape index (κ3) is 3.11. The summed E-state index contributed by atoms with van der Waals surface area (Å²) in [6.45, 7) is 2.31. The highest BCUT2D eigenvalue weighted by Gasteiger charge is 2.38. The van der Waals surface area contributed by atoms with E-state index in [0.717, 1.165) is 36.5 Å². The van der Waals surface area contributed by atoms with Crippen LogP contribution in [0.5, 0.6) is 5.75 Å². The Kier molecular flexibility index (Phi) is 4.07. The molecule has 0 heterocycles. The predicted molar refractivity (Wildman–Crippen MR) is 78.5 cm³/mol. The maximum absolute atomic E-state index is 5.26. The standard InChI is InChI=1S/C17H25NO/c1-19-17-4-2-3-13(11-17)7-8-18-12-16-10-14-5-6-15(16)9-14/h2-4,11,14-16,18H,5-10,12H2,1H3. The molecule has 0 aliphatic heterocycles. The molecule has 2 bridgehead atoms. The van der Waals surface area contributed by atoms with Gasteiger partial charge in [0.15, 0.2) is 0 Å². The minimum Gasteiger partial charge on any atom is -0.497 e. The molecule has 1 aromatic carbocycles. The summed E-state index contributed by atoms with van der Waals surface area (Å²) in [5, 5.41) is 3.66. The van der Waals surface area contributed by atoms with E-state index in [0.29, 0.717) is 0 Å². The fourth-order valence-corrected chi connectivity index (χ4v) is 3.97. The molecule has 3 atom stereocenters. The molecule has 0 aromatic heterocycles. The van der Waals surface area contributed by atoms with Crippen LogP contribution in [-0.2, 0) is 6.42 Å². The Balaban J connectivity index is 1.38. The second-order valence-corrected chi connectivity index (χ2v) is 6.24. The Hall–Kier alpha value is -1.02. The number of hydrogen-bond donors (Lipinski definition) is 1. The Morgan fingerprint density at radius 3 is 2.95 bits per heavy atom. The van der Waals surface area contributed by atoms with Gasteiger partial charge in [0.05, 0.1) is 7.11 Å². The van der Waals surface area contributed by atoms with E-state index in [2.05, 4.69) is 23.5 Å². The first-order valence-corrected chi connectivity index (χ1v) is 7.69. The molecule has 2 nitrogen and oxygen atoms in total. The fourth-order valence-electron chi connectivity index (χ4n) is 3.97. The molecule has 0 amide bonds. The Morgan fingerprint density at radius 2 is 2.21 bits per heavy atom. The first-order chi connectivity index (χ1) is 9.35. The molecule has 0 spiro atoms. The van der Waals surface area contributed by atoms with Crippen molar-refractivity contribution in [3.8, 4) is 5.75 Å². The summed E-state index contributed by atoms with van der Waals surface area (Å²) in [6.07, 6.45) is 7.09. The Bertz CT molecular complexity index is 417. The molecule has 2 fully saturated rings. The Morgan fingerprint density at radius 1 is 1.26 bits per heavy atom. The zero-order valence-corrected chi connectivity index (χ0v) is 11.9. The molecule has 2 heteroatoms. The van der Waals surface area contributed by atoms with Gasteiger partial charge in [0.25, 0.3) is 0 Å². The quantitative estimate of drug-likeness (QED) is 0.792. The van der Waals surface area contributed by atoms with Gasteiger partial charge >= 0.3 is 0 Å². The van der Waals surface area contributed by atoms with E-state index in [1.165, 1.54) is 37.8 Å². The summed E-state index contributed by atoms with van der Waals surface area (Å²) < 4.78 is 5.26. The minimum atomic E-state index is 0.962. The largest absolute Gasteiger partial charge is 0.497 e. The van der Waals surface area contributed by atoms with E-state index >= 15 is 0 Å². The van der Waals surface area contributed by atoms with Crippen LogP contribution in [0, 0.1) is 17.8 Å². The monoisotopic (exact) mass is 259 g/mol. The normalized spacial score (nSPS) is 28.8. The van der Waals surface area contributed by atoms with Gasteiger partial charge in [0.2, 0.25) is 0 Å². The lowest BCUT2D eigenvalue weighted by atomic mass is 9.89. The number of ether oxygens (including phenoxy) is 1. The van der Waals surface area contributed by atoms with Crippen molar-refractivity contribution in [2.75, 3.05) is 20.2 Å². The smallest absolute Gasteiger partial charge is 0.119 e. The summed E-state index contributed by atoms with van der Waals surface area (Å²) in [7, 11) is 1.73. The van der Waals surface area contributed by atoms with Crippen LogP contribution in [0.4, 0.5) is 0 Å². The SMILES string of the molecule is COc1cccc(CCNCC2CC3CCC2C3)c1. The second-order valence-electron chi connectivity index (χ2n) is 6.24. The van der Waals surface area contributed by atoms with Crippen LogP contribution in [0.2, 0.25) is 0 Å². The van der Waals surface area contributed by atoms with Crippen molar-refractivity contribution in [2.45, 2.75) is 32.1 Å².